The van der Waals surface area contributed by atoms with Gasteiger partial charge in [-0.2, -0.15) is 0 Å². The Balaban J connectivity index is 1.80. The van der Waals surface area contributed by atoms with Crippen molar-refractivity contribution < 1.29 is 9.53 Å². The first-order valence-corrected chi connectivity index (χ1v) is 9.04. The van der Waals surface area contributed by atoms with Gasteiger partial charge in [0.1, 0.15) is 5.75 Å². The summed E-state index contributed by atoms with van der Waals surface area (Å²) in [6.45, 7) is 5.87. The van der Waals surface area contributed by atoms with Crippen LogP contribution in [0.15, 0.2) is 73.1 Å². The standard InChI is InChI=1S/C22H23N3O2/c1-3-25(4-2)18-14-17(15-23-16-18)22(26)24-20-12-8-9-13-21(20)27-19-10-6-5-7-11-19/h5-16H,3-4H2,1-2H3,(H,24,26). The number of anilines is 2. The number of carbonyl (C=O) groups excluding carboxylic acids is 1. The normalized spacial score (nSPS) is 10.3. The van der Waals surface area contributed by atoms with Crippen LogP contribution < -0.4 is 15.0 Å². The highest BCUT2D eigenvalue weighted by atomic mass is 16.5. The fourth-order valence-electron chi connectivity index (χ4n) is 2.78. The maximum absolute atomic E-state index is 12.7. The molecule has 27 heavy (non-hydrogen) atoms. The van der Waals surface area contributed by atoms with Gasteiger partial charge < -0.3 is 15.0 Å². The van der Waals surface area contributed by atoms with Crippen molar-refractivity contribution in [1.82, 2.24) is 4.98 Å². The molecular formula is C22H23N3O2. The van der Waals surface area contributed by atoms with Gasteiger partial charge in [0.15, 0.2) is 5.75 Å². The summed E-state index contributed by atoms with van der Waals surface area (Å²) >= 11 is 0. The predicted molar refractivity (Wildman–Crippen MR) is 109 cm³/mol. The van der Waals surface area contributed by atoms with E-state index in [-0.39, 0.29) is 5.91 Å². The summed E-state index contributed by atoms with van der Waals surface area (Å²) in [4.78, 5) is 19.1. The lowest BCUT2D eigenvalue weighted by Crippen LogP contribution is -2.22. The van der Waals surface area contributed by atoms with Crippen LogP contribution in [0.2, 0.25) is 0 Å². The third-order valence-corrected chi connectivity index (χ3v) is 4.22. The van der Waals surface area contributed by atoms with Gasteiger partial charge in [-0.25, -0.2) is 0 Å². The molecular weight excluding hydrogens is 338 g/mol. The van der Waals surface area contributed by atoms with Crippen LogP contribution in [0.3, 0.4) is 0 Å². The Morgan fingerprint density at radius 3 is 2.44 bits per heavy atom. The first-order valence-electron chi connectivity index (χ1n) is 9.04. The van der Waals surface area contributed by atoms with Crippen LogP contribution in [0.5, 0.6) is 11.5 Å². The SMILES string of the molecule is CCN(CC)c1cncc(C(=O)Nc2ccccc2Oc2ccccc2)c1. The van der Waals surface area contributed by atoms with Crippen molar-refractivity contribution in [3.8, 4) is 11.5 Å². The van der Waals surface area contributed by atoms with Crippen LogP contribution in [0.25, 0.3) is 0 Å². The molecule has 0 aliphatic carbocycles. The highest BCUT2D eigenvalue weighted by molar-refractivity contribution is 6.05. The van der Waals surface area contributed by atoms with E-state index in [0.29, 0.717) is 22.7 Å². The minimum absolute atomic E-state index is 0.222. The van der Waals surface area contributed by atoms with E-state index in [1.165, 1.54) is 0 Å². The third kappa shape index (κ3) is 4.64. The summed E-state index contributed by atoms with van der Waals surface area (Å²) in [5.74, 6) is 1.08. The molecule has 138 valence electrons. The predicted octanol–water partition coefficient (Wildman–Crippen LogP) is 4.97. The highest BCUT2D eigenvalue weighted by Gasteiger charge is 2.12. The molecule has 0 saturated carbocycles. The van der Waals surface area contributed by atoms with Crippen LogP contribution in [-0.4, -0.2) is 24.0 Å². The van der Waals surface area contributed by atoms with E-state index in [0.717, 1.165) is 18.8 Å². The Morgan fingerprint density at radius 1 is 1.00 bits per heavy atom. The summed E-state index contributed by atoms with van der Waals surface area (Å²) in [6, 6.07) is 18.7. The molecule has 5 heteroatoms. The van der Waals surface area contributed by atoms with Gasteiger partial charge in [0.25, 0.3) is 5.91 Å². The lowest BCUT2D eigenvalue weighted by Gasteiger charge is -2.21. The summed E-state index contributed by atoms with van der Waals surface area (Å²) < 4.78 is 5.90. The number of pyridine rings is 1. The number of para-hydroxylation sites is 3. The van der Waals surface area contributed by atoms with Crippen LogP contribution in [0, 0.1) is 0 Å². The van der Waals surface area contributed by atoms with Gasteiger partial charge in [0.2, 0.25) is 0 Å². The Kier molecular flexibility index (Phi) is 6.05. The number of hydrogen-bond donors (Lipinski definition) is 1. The molecule has 0 aliphatic rings. The van der Waals surface area contributed by atoms with Crippen LogP contribution >= 0.6 is 0 Å². The number of ether oxygens (including phenoxy) is 1. The van der Waals surface area contributed by atoms with Crippen molar-refractivity contribution in [3.63, 3.8) is 0 Å². The number of carbonyl (C=O) groups is 1. The van der Waals surface area contributed by atoms with Gasteiger partial charge in [-0.05, 0) is 44.2 Å². The number of nitrogens with zero attached hydrogens (tertiary/aromatic N) is 2. The Hall–Kier alpha value is -3.34. The van der Waals surface area contributed by atoms with E-state index in [4.69, 9.17) is 4.74 Å². The molecule has 5 nitrogen and oxygen atoms in total. The zero-order valence-electron chi connectivity index (χ0n) is 15.6. The maximum atomic E-state index is 12.7. The quantitative estimate of drug-likeness (QED) is 0.645. The summed E-state index contributed by atoms with van der Waals surface area (Å²) in [5.41, 5.74) is 2.05. The summed E-state index contributed by atoms with van der Waals surface area (Å²) in [5, 5.41) is 2.93. The Morgan fingerprint density at radius 2 is 1.70 bits per heavy atom. The van der Waals surface area contributed by atoms with Gasteiger partial charge in [0, 0.05) is 19.3 Å². The first-order chi connectivity index (χ1) is 13.2. The minimum atomic E-state index is -0.222. The van der Waals surface area contributed by atoms with Crippen molar-refractivity contribution in [3.05, 3.63) is 78.6 Å². The fourth-order valence-corrected chi connectivity index (χ4v) is 2.78. The zero-order chi connectivity index (χ0) is 19.1. The molecule has 0 atom stereocenters. The number of hydrogen-bond acceptors (Lipinski definition) is 4. The molecule has 3 aromatic rings. The van der Waals surface area contributed by atoms with E-state index < -0.39 is 0 Å². The number of amides is 1. The van der Waals surface area contributed by atoms with Crippen molar-refractivity contribution in [2.24, 2.45) is 0 Å². The second kappa shape index (κ2) is 8.85. The minimum Gasteiger partial charge on any atom is -0.455 e. The first kappa shape index (κ1) is 18.5. The van der Waals surface area contributed by atoms with Crippen molar-refractivity contribution in [2.75, 3.05) is 23.3 Å². The molecule has 0 spiro atoms. The monoisotopic (exact) mass is 361 g/mol. The summed E-state index contributed by atoms with van der Waals surface area (Å²) in [7, 11) is 0. The van der Waals surface area contributed by atoms with Gasteiger partial charge in [-0.1, -0.05) is 30.3 Å². The lowest BCUT2D eigenvalue weighted by molar-refractivity contribution is 0.102. The van der Waals surface area contributed by atoms with E-state index >= 15 is 0 Å². The largest absolute Gasteiger partial charge is 0.455 e. The molecule has 3 rings (SSSR count). The highest BCUT2D eigenvalue weighted by Crippen LogP contribution is 2.29. The van der Waals surface area contributed by atoms with Gasteiger partial charge >= 0.3 is 0 Å². The van der Waals surface area contributed by atoms with Crippen LogP contribution in [0.4, 0.5) is 11.4 Å². The second-order valence-electron chi connectivity index (χ2n) is 5.97. The molecule has 0 radical (unpaired) electrons. The number of benzene rings is 2. The smallest absolute Gasteiger partial charge is 0.257 e. The molecule has 0 bridgehead atoms. The average Bonchev–Trinajstić information content (AvgIpc) is 2.71. The van der Waals surface area contributed by atoms with E-state index in [2.05, 4.69) is 29.0 Å². The molecule has 1 amide bonds. The number of nitrogens with one attached hydrogen (secondary N) is 1. The number of aromatic nitrogens is 1. The van der Waals surface area contributed by atoms with E-state index in [1.54, 1.807) is 12.4 Å². The molecule has 0 fully saturated rings. The van der Waals surface area contributed by atoms with E-state index in [9.17, 15) is 4.79 Å². The van der Waals surface area contributed by atoms with Gasteiger partial charge in [0.05, 0.1) is 23.1 Å². The Labute approximate surface area is 159 Å². The summed E-state index contributed by atoms with van der Waals surface area (Å²) in [6.07, 6.45) is 3.35. The molecule has 1 N–H and O–H groups in total. The third-order valence-electron chi connectivity index (χ3n) is 4.22. The van der Waals surface area contributed by atoms with Gasteiger partial charge in [-0.15, -0.1) is 0 Å². The molecule has 0 unspecified atom stereocenters. The number of rotatable bonds is 7. The second-order valence-corrected chi connectivity index (χ2v) is 5.97. The van der Waals surface area contributed by atoms with Crippen molar-refractivity contribution in [1.29, 1.82) is 0 Å². The van der Waals surface area contributed by atoms with Crippen molar-refractivity contribution in [2.45, 2.75) is 13.8 Å². The lowest BCUT2D eigenvalue weighted by atomic mass is 10.2. The van der Waals surface area contributed by atoms with Crippen LogP contribution in [0.1, 0.15) is 24.2 Å². The topological polar surface area (TPSA) is 54.5 Å². The van der Waals surface area contributed by atoms with Crippen LogP contribution in [-0.2, 0) is 0 Å². The van der Waals surface area contributed by atoms with Gasteiger partial charge in [-0.3, -0.25) is 9.78 Å². The maximum Gasteiger partial charge on any atom is 0.257 e. The molecule has 1 aromatic heterocycles. The molecule has 2 aromatic carbocycles. The molecule has 0 saturated heterocycles. The fraction of sp³-hybridized carbons (Fsp3) is 0.182. The molecule has 0 aliphatic heterocycles. The Bertz CT molecular complexity index is 893. The zero-order valence-corrected chi connectivity index (χ0v) is 15.6. The average molecular weight is 361 g/mol. The van der Waals surface area contributed by atoms with E-state index in [1.807, 2.05) is 60.7 Å². The molecule has 1 heterocycles. The van der Waals surface area contributed by atoms with Crippen molar-refractivity contribution >= 4 is 17.3 Å².